The van der Waals surface area contributed by atoms with Crippen molar-refractivity contribution in [2.75, 3.05) is 7.11 Å². The lowest BCUT2D eigenvalue weighted by Crippen LogP contribution is -2.13. The van der Waals surface area contributed by atoms with Crippen molar-refractivity contribution in [1.82, 2.24) is 0 Å². The number of rotatable bonds is 4. The van der Waals surface area contributed by atoms with Crippen LogP contribution >= 0.6 is 0 Å². The predicted octanol–water partition coefficient (Wildman–Crippen LogP) is 3.39. The van der Waals surface area contributed by atoms with E-state index in [0.29, 0.717) is 0 Å². The van der Waals surface area contributed by atoms with Crippen LogP contribution in [0.15, 0.2) is 42.5 Å². The maximum Gasteiger partial charge on any atom is 0.165 e. The number of methoxy groups -OCH3 is 1. The lowest BCUT2D eigenvalue weighted by molar-refractivity contribution is 0.385. The molecule has 19 heavy (non-hydrogen) atoms. The summed E-state index contributed by atoms with van der Waals surface area (Å²) in [4.78, 5) is 0. The van der Waals surface area contributed by atoms with Gasteiger partial charge in [-0.05, 0) is 36.6 Å². The molecule has 2 aromatic rings. The van der Waals surface area contributed by atoms with Crippen LogP contribution in [0.5, 0.6) is 5.75 Å². The Labute approximate surface area is 113 Å². The molecule has 2 aromatic carbocycles. The van der Waals surface area contributed by atoms with Gasteiger partial charge < -0.3 is 10.5 Å². The molecule has 2 nitrogen and oxygen atoms in total. The molecule has 1 atom stereocenters. The van der Waals surface area contributed by atoms with Crippen LogP contribution in [0.4, 0.5) is 4.39 Å². The lowest BCUT2D eigenvalue weighted by atomic mass is 9.98. The first-order valence-corrected chi connectivity index (χ1v) is 6.24. The highest BCUT2D eigenvalue weighted by Crippen LogP contribution is 2.23. The fraction of sp³-hybridized carbons (Fsp3) is 0.250. The van der Waals surface area contributed by atoms with E-state index in [1.54, 1.807) is 12.1 Å². The minimum absolute atomic E-state index is 0.170. The molecule has 0 aliphatic heterocycles. The molecule has 0 spiro atoms. The van der Waals surface area contributed by atoms with Crippen LogP contribution < -0.4 is 10.5 Å². The first-order valence-electron chi connectivity index (χ1n) is 6.24. The van der Waals surface area contributed by atoms with Crippen LogP contribution in [0, 0.1) is 12.7 Å². The summed E-state index contributed by atoms with van der Waals surface area (Å²) in [6.07, 6.45) is 0.719. The van der Waals surface area contributed by atoms with E-state index >= 15 is 0 Å². The maximum absolute atomic E-state index is 13.3. The van der Waals surface area contributed by atoms with Gasteiger partial charge in [-0.2, -0.15) is 0 Å². The molecule has 0 aromatic heterocycles. The van der Waals surface area contributed by atoms with E-state index in [0.717, 1.165) is 12.0 Å². The van der Waals surface area contributed by atoms with E-state index in [1.807, 2.05) is 12.1 Å². The summed E-state index contributed by atoms with van der Waals surface area (Å²) in [6.45, 7) is 2.05. The zero-order valence-corrected chi connectivity index (χ0v) is 11.2. The third-order valence-corrected chi connectivity index (χ3v) is 3.14. The van der Waals surface area contributed by atoms with E-state index < -0.39 is 0 Å². The molecule has 0 radical (unpaired) electrons. The summed E-state index contributed by atoms with van der Waals surface area (Å²) >= 11 is 0. The molecule has 0 saturated heterocycles. The lowest BCUT2D eigenvalue weighted by Gasteiger charge is -2.14. The van der Waals surface area contributed by atoms with Gasteiger partial charge in [0.2, 0.25) is 0 Å². The molecule has 100 valence electrons. The summed E-state index contributed by atoms with van der Waals surface area (Å²) in [5, 5.41) is 0. The first-order chi connectivity index (χ1) is 9.10. The number of hydrogen-bond donors (Lipinski definition) is 1. The summed E-state index contributed by atoms with van der Waals surface area (Å²) in [5.41, 5.74) is 9.43. The van der Waals surface area contributed by atoms with Gasteiger partial charge in [0.1, 0.15) is 0 Å². The van der Waals surface area contributed by atoms with E-state index in [-0.39, 0.29) is 17.6 Å². The number of aryl methyl sites for hydroxylation is 1. The van der Waals surface area contributed by atoms with Crippen molar-refractivity contribution in [3.05, 3.63) is 65.0 Å². The van der Waals surface area contributed by atoms with Gasteiger partial charge in [-0.1, -0.05) is 35.9 Å². The molecule has 0 amide bonds. The van der Waals surface area contributed by atoms with E-state index in [9.17, 15) is 4.39 Å². The fourth-order valence-corrected chi connectivity index (χ4v) is 2.12. The Morgan fingerprint density at radius 1 is 1.21 bits per heavy atom. The van der Waals surface area contributed by atoms with Crippen LogP contribution in [0.25, 0.3) is 0 Å². The number of benzene rings is 2. The summed E-state index contributed by atoms with van der Waals surface area (Å²) < 4.78 is 18.3. The molecule has 0 aliphatic carbocycles. The predicted molar refractivity (Wildman–Crippen MR) is 74.8 cm³/mol. The molecule has 0 aliphatic rings. The normalized spacial score (nSPS) is 12.2. The fourth-order valence-electron chi connectivity index (χ4n) is 2.12. The van der Waals surface area contributed by atoms with Gasteiger partial charge in [0.25, 0.3) is 0 Å². The molecule has 0 heterocycles. The summed E-state index contributed by atoms with van der Waals surface area (Å²) in [7, 11) is 1.45. The molecular weight excluding hydrogens is 241 g/mol. The third kappa shape index (κ3) is 3.32. The highest BCUT2D eigenvalue weighted by Gasteiger charge is 2.11. The second kappa shape index (κ2) is 5.85. The maximum atomic E-state index is 13.3. The quantitative estimate of drug-likeness (QED) is 0.913. The van der Waals surface area contributed by atoms with Crippen molar-refractivity contribution in [3.63, 3.8) is 0 Å². The van der Waals surface area contributed by atoms with Gasteiger partial charge >= 0.3 is 0 Å². The Kier molecular flexibility index (Phi) is 4.17. The Morgan fingerprint density at radius 2 is 2.00 bits per heavy atom. The molecule has 2 N–H and O–H groups in total. The topological polar surface area (TPSA) is 35.2 Å². The van der Waals surface area contributed by atoms with Crippen molar-refractivity contribution < 1.29 is 9.13 Å². The van der Waals surface area contributed by atoms with Gasteiger partial charge in [-0.15, -0.1) is 0 Å². The monoisotopic (exact) mass is 259 g/mol. The number of ether oxygens (including phenoxy) is 1. The van der Waals surface area contributed by atoms with Gasteiger partial charge in [-0.3, -0.25) is 0 Å². The van der Waals surface area contributed by atoms with Gasteiger partial charge in [0.05, 0.1) is 7.11 Å². The van der Waals surface area contributed by atoms with Crippen molar-refractivity contribution in [2.45, 2.75) is 19.4 Å². The van der Waals surface area contributed by atoms with E-state index in [2.05, 4.69) is 19.1 Å². The Morgan fingerprint density at radius 3 is 2.68 bits per heavy atom. The zero-order chi connectivity index (χ0) is 13.8. The second-order valence-corrected chi connectivity index (χ2v) is 4.69. The highest BCUT2D eigenvalue weighted by atomic mass is 19.1. The molecule has 2 rings (SSSR count). The average Bonchev–Trinajstić information content (AvgIpc) is 2.39. The standard InChI is InChI=1S/C16H18FNO/c1-11-4-3-5-12(8-11)9-15(18)13-6-7-14(17)16(10-13)19-2/h3-8,10,15H,9,18H2,1-2H3. The number of nitrogens with two attached hydrogens (primary N) is 1. The second-order valence-electron chi connectivity index (χ2n) is 4.69. The van der Waals surface area contributed by atoms with Gasteiger partial charge in [0.15, 0.2) is 11.6 Å². The Hall–Kier alpha value is -1.87. The van der Waals surface area contributed by atoms with Crippen LogP contribution in [0.1, 0.15) is 22.7 Å². The van der Waals surface area contributed by atoms with E-state index in [4.69, 9.17) is 10.5 Å². The van der Waals surface area contributed by atoms with Crippen molar-refractivity contribution in [3.8, 4) is 5.75 Å². The smallest absolute Gasteiger partial charge is 0.165 e. The highest BCUT2D eigenvalue weighted by molar-refractivity contribution is 5.33. The van der Waals surface area contributed by atoms with Crippen LogP contribution in [-0.2, 0) is 6.42 Å². The van der Waals surface area contributed by atoms with Crippen LogP contribution in [-0.4, -0.2) is 7.11 Å². The molecular formula is C16H18FNO. The van der Waals surface area contributed by atoms with Gasteiger partial charge in [0, 0.05) is 6.04 Å². The molecule has 0 saturated carbocycles. The van der Waals surface area contributed by atoms with Crippen molar-refractivity contribution >= 4 is 0 Å². The zero-order valence-electron chi connectivity index (χ0n) is 11.2. The van der Waals surface area contributed by atoms with Crippen LogP contribution in [0.3, 0.4) is 0 Å². The Bertz CT molecular complexity index is 568. The largest absolute Gasteiger partial charge is 0.494 e. The minimum atomic E-state index is -0.367. The molecule has 3 heteroatoms. The number of halogens is 1. The molecule has 1 unspecified atom stereocenters. The summed E-state index contributed by atoms with van der Waals surface area (Å²) in [5.74, 6) is -0.133. The molecule has 0 bridgehead atoms. The summed E-state index contributed by atoms with van der Waals surface area (Å²) in [6, 6.07) is 12.8. The third-order valence-electron chi connectivity index (χ3n) is 3.14. The van der Waals surface area contributed by atoms with E-state index in [1.165, 1.54) is 24.3 Å². The first kappa shape index (κ1) is 13.6. The van der Waals surface area contributed by atoms with Crippen molar-refractivity contribution in [1.29, 1.82) is 0 Å². The Balaban J connectivity index is 2.18. The SMILES string of the molecule is COc1cc(C(N)Cc2cccc(C)c2)ccc1F. The van der Waals surface area contributed by atoms with Gasteiger partial charge in [-0.25, -0.2) is 4.39 Å². The van der Waals surface area contributed by atoms with Crippen LogP contribution in [0.2, 0.25) is 0 Å². The molecule has 0 fully saturated rings. The number of hydrogen-bond acceptors (Lipinski definition) is 2. The average molecular weight is 259 g/mol. The minimum Gasteiger partial charge on any atom is -0.494 e. The van der Waals surface area contributed by atoms with Crippen molar-refractivity contribution in [2.24, 2.45) is 5.73 Å².